The van der Waals surface area contributed by atoms with Crippen LogP contribution >= 0.6 is 11.6 Å². The number of ether oxygens (including phenoxy) is 1. The fourth-order valence-corrected chi connectivity index (χ4v) is 2.95. The van der Waals surface area contributed by atoms with Crippen LogP contribution in [0, 0.1) is 0 Å². The Morgan fingerprint density at radius 1 is 1.13 bits per heavy atom. The van der Waals surface area contributed by atoms with E-state index in [9.17, 15) is 9.59 Å². The zero-order valence-corrected chi connectivity index (χ0v) is 13.4. The average Bonchev–Trinajstić information content (AvgIpc) is 2.86. The lowest BCUT2D eigenvalue weighted by Crippen LogP contribution is -2.31. The lowest BCUT2D eigenvalue weighted by Gasteiger charge is -2.11. The van der Waals surface area contributed by atoms with Crippen molar-refractivity contribution in [2.75, 3.05) is 12.0 Å². The first-order valence-corrected chi connectivity index (χ1v) is 7.41. The summed E-state index contributed by atoms with van der Waals surface area (Å²) in [5.41, 5.74) is 2.20. The van der Waals surface area contributed by atoms with Crippen molar-refractivity contribution >= 4 is 39.7 Å². The number of carbonyl (C=O) groups excluding carboxylic acids is 2. The Morgan fingerprint density at radius 3 is 2.57 bits per heavy atom. The van der Waals surface area contributed by atoms with Gasteiger partial charge in [-0.15, -0.1) is 0 Å². The van der Waals surface area contributed by atoms with Crippen molar-refractivity contribution in [3.63, 3.8) is 0 Å². The molecule has 2 aromatic rings. The van der Waals surface area contributed by atoms with Crippen LogP contribution in [-0.4, -0.2) is 18.9 Å². The maximum absolute atomic E-state index is 12.7. The van der Waals surface area contributed by atoms with E-state index >= 15 is 0 Å². The van der Waals surface area contributed by atoms with Gasteiger partial charge in [0.2, 0.25) is 5.91 Å². The summed E-state index contributed by atoms with van der Waals surface area (Å²) in [5.74, 6) is -0.109. The number of para-hydroxylation sites is 1. The quantitative estimate of drug-likeness (QED) is 0.790. The summed E-state index contributed by atoms with van der Waals surface area (Å²) in [5, 5.41) is 0.296. The summed E-state index contributed by atoms with van der Waals surface area (Å²) in [7, 11) is 1.56. The highest BCUT2D eigenvalue weighted by Gasteiger charge is 2.36. The summed E-state index contributed by atoms with van der Waals surface area (Å²) in [6.45, 7) is 1.36. The molecule has 2 amide bonds. The molecule has 0 bridgehead atoms. The number of imide groups is 1. The molecule has 1 aliphatic rings. The zero-order valence-electron chi connectivity index (χ0n) is 12.7. The predicted octanol–water partition coefficient (Wildman–Crippen LogP) is 3.70. The van der Waals surface area contributed by atoms with E-state index in [1.54, 1.807) is 49.6 Å². The summed E-state index contributed by atoms with van der Waals surface area (Å²) in [4.78, 5) is 25.7. The smallest absolute Gasteiger partial charge is 0.267 e. The number of nitrogens with zero attached hydrogens (tertiary/aromatic N) is 1. The Balaban J connectivity index is 2.22. The molecule has 0 N–H and O–H groups in total. The van der Waals surface area contributed by atoms with Gasteiger partial charge in [0.05, 0.1) is 23.4 Å². The molecule has 5 heteroatoms. The normalized spacial score (nSPS) is 15.4. The van der Waals surface area contributed by atoms with Gasteiger partial charge in [-0.25, -0.2) is 4.90 Å². The van der Waals surface area contributed by atoms with Gasteiger partial charge >= 0.3 is 0 Å². The molecular weight excluding hydrogens is 314 g/mol. The van der Waals surface area contributed by atoms with E-state index in [1.165, 1.54) is 6.92 Å². The Morgan fingerprint density at radius 2 is 1.87 bits per heavy atom. The molecule has 0 saturated heterocycles. The molecule has 23 heavy (non-hydrogen) atoms. The number of hydrogen-bond donors (Lipinski definition) is 0. The molecule has 3 rings (SSSR count). The second-order valence-corrected chi connectivity index (χ2v) is 5.48. The Kier molecular flexibility index (Phi) is 3.92. The lowest BCUT2D eigenvalue weighted by atomic mass is 10.0. The molecule has 0 aliphatic carbocycles. The minimum atomic E-state index is -0.411. The number of amides is 2. The standard InChI is InChI=1S/C18H14ClNO3/c1-11(21)20-15-9-4-3-8-14(15)16(18(20)22)17(19)12-6-5-7-13(10-12)23-2/h3-10H,1-2H3/b17-16+. The van der Waals surface area contributed by atoms with E-state index in [1.807, 2.05) is 6.07 Å². The van der Waals surface area contributed by atoms with E-state index in [0.717, 1.165) is 4.90 Å². The molecule has 116 valence electrons. The maximum atomic E-state index is 12.7. The van der Waals surface area contributed by atoms with E-state index in [-0.39, 0.29) is 5.91 Å². The van der Waals surface area contributed by atoms with Crippen molar-refractivity contribution in [1.82, 2.24) is 0 Å². The number of anilines is 1. The summed E-state index contributed by atoms with van der Waals surface area (Å²) in [6, 6.07) is 14.3. The minimum absolute atomic E-state index is 0.296. The largest absolute Gasteiger partial charge is 0.497 e. The van der Waals surface area contributed by atoms with Crippen molar-refractivity contribution in [3.05, 3.63) is 59.7 Å². The van der Waals surface area contributed by atoms with Crippen LogP contribution in [0.5, 0.6) is 5.75 Å². The molecule has 4 nitrogen and oxygen atoms in total. The highest BCUT2D eigenvalue weighted by molar-refractivity contribution is 6.60. The molecular formula is C18H14ClNO3. The van der Waals surface area contributed by atoms with E-state index in [0.29, 0.717) is 33.2 Å². The predicted molar refractivity (Wildman–Crippen MR) is 90.3 cm³/mol. The van der Waals surface area contributed by atoms with Gasteiger partial charge in [-0.05, 0) is 23.8 Å². The Labute approximate surface area is 138 Å². The topological polar surface area (TPSA) is 46.6 Å². The summed E-state index contributed by atoms with van der Waals surface area (Å²) in [6.07, 6.45) is 0. The number of rotatable bonds is 2. The van der Waals surface area contributed by atoms with Crippen molar-refractivity contribution < 1.29 is 14.3 Å². The van der Waals surface area contributed by atoms with Gasteiger partial charge in [0.25, 0.3) is 5.91 Å². The highest BCUT2D eigenvalue weighted by Crippen LogP contribution is 2.42. The monoisotopic (exact) mass is 327 g/mol. The molecule has 0 fully saturated rings. The van der Waals surface area contributed by atoms with Gasteiger partial charge in [-0.1, -0.05) is 41.9 Å². The van der Waals surface area contributed by atoms with Crippen LogP contribution in [0.25, 0.3) is 10.6 Å². The number of carbonyl (C=O) groups is 2. The Bertz CT molecular complexity index is 842. The third-order valence-electron chi connectivity index (χ3n) is 3.69. The first-order chi connectivity index (χ1) is 11.0. The van der Waals surface area contributed by atoms with Gasteiger partial charge < -0.3 is 4.74 Å². The number of benzene rings is 2. The van der Waals surface area contributed by atoms with Gasteiger partial charge in [0, 0.05) is 12.5 Å². The first-order valence-electron chi connectivity index (χ1n) is 7.03. The molecule has 0 unspecified atom stereocenters. The van der Waals surface area contributed by atoms with Crippen molar-refractivity contribution in [1.29, 1.82) is 0 Å². The van der Waals surface area contributed by atoms with Crippen LogP contribution in [0.4, 0.5) is 5.69 Å². The minimum Gasteiger partial charge on any atom is -0.497 e. The van der Waals surface area contributed by atoms with Crippen LogP contribution in [0.15, 0.2) is 48.5 Å². The van der Waals surface area contributed by atoms with Gasteiger partial charge in [0.1, 0.15) is 5.75 Å². The Hall–Kier alpha value is -2.59. The van der Waals surface area contributed by atoms with E-state index < -0.39 is 5.91 Å². The SMILES string of the molecule is COc1cccc(/C(Cl)=C2\C(=O)N(C(C)=O)c3ccccc32)c1. The maximum Gasteiger partial charge on any atom is 0.267 e. The average molecular weight is 328 g/mol. The fourth-order valence-electron chi connectivity index (χ4n) is 2.65. The van der Waals surface area contributed by atoms with Gasteiger partial charge in [-0.3, -0.25) is 9.59 Å². The fraction of sp³-hybridized carbons (Fsp3) is 0.111. The molecule has 0 spiro atoms. The van der Waals surface area contributed by atoms with Crippen molar-refractivity contribution in [2.24, 2.45) is 0 Å². The molecule has 0 radical (unpaired) electrons. The first kappa shape index (κ1) is 15.3. The number of methoxy groups -OCH3 is 1. The van der Waals surface area contributed by atoms with Crippen LogP contribution < -0.4 is 9.64 Å². The molecule has 1 heterocycles. The highest BCUT2D eigenvalue weighted by atomic mass is 35.5. The second kappa shape index (κ2) is 5.89. The van der Waals surface area contributed by atoms with Crippen LogP contribution in [-0.2, 0) is 9.59 Å². The number of halogens is 1. The van der Waals surface area contributed by atoms with Gasteiger partial charge in [-0.2, -0.15) is 0 Å². The molecule has 0 aromatic heterocycles. The van der Waals surface area contributed by atoms with Crippen LogP contribution in [0.1, 0.15) is 18.1 Å². The van der Waals surface area contributed by atoms with Crippen molar-refractivity contribution in [2.45, 2.75) is 6.92 Å². The summed E-state index contributed by atoms with van der Waals surface area (Å²) >= 11 is 6.50. The zero-order chi connectivity index (χ0) is 16.6. The molecule has 2 aromatic carbocycles. The number of fused-ring (bicyclic) bond motifs is 1. The second-order valence-electron chi connectivity index (χ2n) is 5.10. The van der Waals surface area contributed by atoms with Crippen molar-refractivity contribution in [3.8, 4) is 5.75 Å². The summed E-state index contributed by atoms with van der Waals surface area (Å²) < 4.78 is 5.19. The lowest BCUT2D eigenvalue weighted by molar-refractivity contribution is -0.122. The van der Waals surface area contributed by atoms with Crippen LogP contribution in [0.3, 0.4) is 0 Å². The molecule has 1 aliphatic heterocycles. The molecule has 0 atom stereocenters. The van der Waals surface area contributed by atoms with Gasteiger partial charge in [0.15, 0.2) is 0 Å². The third-order valence-corrected chi connectivity index (χ3v) is 4.10. The molecule has 0 saturated carbocycles. The van der Waals surface area contributed by atoms with E-state index in [4.69, 9.17) is 16.3 Å². The van der Waals surface area contributed by atoms with E-state index in [2.05, 4.69) is 0 Å². The number of hydrogen-bond acceptors (Lipinski definition) is 3. The third kappa shape index (κ3) is 2.51. The van der Waals surface area contributed by atoms with Crippen LogP contribution in [0.2, 0.25) is 0 Å².